The van der Waals surface area contributed by atoms with Gasteiger partial charge in [0.25, 0.3) is 0 Å². The lowest BCUT2D eigenvalue weighted by molar-refractivity contribution is -0.140. The number of rotatable bonds is 4. The van der Waals surface area contributed by atoms with E-state index in [0.717, 1.165) is 10.7 Å². The highest BCUT2D eigenvalue weighted by molar-refractivity contribution is 7.09. The topological polar surface area (TPSA) is 65.2 Å². The fraction of sp³-hybridized carbons (Fsp3) is 0.500. The van der Waals surface area contributed by atoms with E-state index < -0.39 is 0 Å². The number of nitrogens with zero attached hydrogens (tertiary/aromatic N) is 1. The molecule has 0 radical (unpaired) electrons. The monoisotopic (exact) mass is 200 g/mol. The molecule has 0 aliphatic carbocycles. The van der Waals surface area contributed by atoms with E-state index >= 15 is 0 Å². The van der Waals surface area contributed by atoms with Crippen LogP contribution in [0.5, 0.6) is 0 Å². The van der Waals surface area contributed by atoms with Crippen LogP contribution in [0.1, 0.15) is 17.1 Å². The van der Waals surface area contributed by atoms with Crippen molar-refractivity contribution in [1.29, 1.82) is 0 Å². The number of esters is 1. The molecule has 1 aromatic rings. The lowest BCUT2D eigenvalue weighted by Crippen LogP contribution is -2.02. The molecule has 1 heterocycles. The predicted octanol–water partition coefficient (Wildman–Crippen LogP) is 0.707. The molecular formula is C8H12N2O2S. The third kappa shape index (κ3) is 3.12. The summed E-state index contributed by atoms with van der Waals surface area (Å²) in [5.41, 5.74) is 6.31. The summed E-state index contributed by atoms with van der Waals surface area (Å²) in [6, 6.07) is 0. The van der Waals surface area contributed by atoms with Crippen LogP contribution in [-0.4, -0.2) is 18.1 Å². The van der Waals surface area contributed by atoms with E-state index in [1.807, 2.05) is 5.38 Å². The lowest BCUT2D eigenvalue weighted by Gasteiger charge is -1.95. The number of nitrogens with two attached hydrogens (primary N) is 1. The molecule has 0 bridgehead atoms. The summed E-state index contributed by atoms with van der Waals surface area (Å²) in [5.74, 6) is -0.206. The van der Waals surface area contributed by atoms with E-state index in [-0.39, 0.29) is 5.97 Å². The van der Waals surface area contributed by atoms with Gasteiger partial charge in [0.15, 0.2) is 0 Å². The molecule has 0 aliphatic rings. The quantitative estimate of drug-likeness (QED) is 0.727. The normalized spacial score (nSPS) is 10.0. The van der Waals surface area contributed by atoms with Gasteiger partial charge < -0.3 is 10.5 Å². The zero-order valence-electron chi connectivity index (χ0n) is 7.45. The van der Waals surface area contributed by atoms with Crippen LogP contribution in [0, 0.1) is 0 Å². The number of hydrogen-bond acceptors (Lipinski definition) is 5. The molecule has 0 saturated heterocycles. The Labute approximate surface area is 80.7 Å². The molecule has 72 valence electrons. The predicted molar refractivity (Wildman–Crippen MR) is 50.3 cm³/mol. The Morgan fingerprint density at radius 3 is 3.08 bits per heavy atom. The van der Waals surface area contributed by atoms with E-state index in [0.29, 0.717) is 19.4 Å². The van der Waals surface area contributed by atoms with Gasteiger partial charge in [-0.3, -0.25) is 4.79 Å². The van der Waals surface area contributed by atoms with Gasteiger partial charge in [-0.05, 0) is 0 Å². The van der Waals surface area contributed by atoms with Crippen molar-refractivity contribution in [3.05, 3.63) is 16.1 Å². The van der Waals surface area contributed by atoms with Crippen LogP contribution < -0.4 is 5.73 Å². The van der Waals surface area contributed by atoms with E-state index in [2.05, 4.69) is 9.72 Å². The summed E-state index contributed by atoms with van der Waals surface area (Å²) in [5, 5.41) is 2.82. The molecule has 2 N–H and O–H groups in total. The van der Waals surface area contributed by atoms with Gasteiger partial charge >= 0.3 is 5.97 Å². The smallest absolute Gasteiger partial charge is 0.305 e. The number of ether oxygens (including phenoxy) is 1. The van der Waals surface area contributed by atoms with Gasteiger partial charge in [-0.25, -0.2) is 4.98 Å². The number of aromatic nitrogens is 1. The van der Waals surface area contributed by atoms with Crippen LogP contribution in [0.15, 0.2) is 5.38 Å². The van der Waals surface area contributed by atoms with Crippen molar-refractivity contribution in [2.24, 2.45) is 5.73 Å². The minimum atomic E-state index is -0.206. The summed E-state index contributed by atoms with van der Waals surface area (Å²) < 4.78 is 4.52. The molecule has 0 fully saturated rings. The highest BCUT2D eigenvalue weighted by Crippen LogP contribution is 2.10. The Bertz CT molecular complexity index is 285. The van der Waals surface area contributed by atoms with Gasteiger partial charge in [0.1, 0.15) is 5.01 Å². The molecule has 13 heavy (non-hydrogen) atoms. The minimum absolute atomic E-state index is 0.206. The Balaban J connectivity index is 2.41. The van der Waals surface area contributed by atoms with Gasteiger partial charge in [-0.15, -0.1) is 11.3 Å². The summed E-state index contributed by atoms with van der Waals surface area (Å²) in [7, 11) is 1.38. The number of hydrogen-bond donors (Lipinski definition) is 1. The fourth-order valence-electron chi connectivity index (χ4n) is 0.890. The summed E-state index contributed by atoms with van der Waals surface area (Å²) in [6.45, 7) is 0.461. The molecule has 0 amide bonds. The summed E-state index contributed by atoms with van der Waals surface area (Å²) >= 11 is 1.52. The molecule has 5 heteroatoms. The van der Waals surface area contributed by atoms with Gasteiger partial charge in [0.2, 0.25) is 0 Å². The maximum atomic E-state index is 10.8. The molecule has 0 saturated carbocycles. The van der Waals surface area contributed by atoms with E-state index in [1.165, 1.54) is 18.4 Å². The summed E-state index contributed by atoms with van der Waals surface area (Å²) in [4.78, 5) is 15.0. The number of carbonyl (C=O) groups excluding carboxylic acids is 1. The SMILES string of the molecule is COC(=O)CCc1csc(CN)n1. The van der Waals surface area contributed by atoms with E-state index in [1.54, 1.807) is 0 Å². The molecular weight excluding hydrogens is 188 g/mol. The number of thiazole rings is 1. The van der Waals surface area contributed by atoms with Crippen molar-refractivity contribution in [1.82, 2.24) is 4.98 Å². The van der Waals surface area contributed by atoms with Crippen LogP contribution in [0.25, 0.3) is 0 Å². The first-order valence-electron chi connectivity index (χ1n) is 3.96. The average molecular weight is 200 g/mol. The van der Waals surface area contributed by atoms with Crippen molar-refractivity contribution in [2.75, 3.05) is 7.11 Å². The first-order valence-corrected chi connectivity index (χ1v) is 4.84. The van der Waals surface area contributed by atoms with Crippen molar-refractivity contribution in [3.63, 3.8) is 0 Å². The Morgan fingerprint density at radius 2 is 2.54 bits per heavy atom. The summed E-state index contributed by atoms with van der Waals surface area (Å²) in [6.07, 6.45) is 1.01. The number of methoxy groups -OCH3 is 1. The zero-order valence-corrected chi connectivity index (χ0v) is 8.26. The van der Waals surface area contributed by atoms with Crippen molar-refractivity contribution in [2.45, 2.75) is 19.4 Å². The first-order chi connectivity index (χ1) is 6.26. The Morgan fingerprint density at radius 1 is 1.77 bits per heavy atom. The lowest BCUT2D eigenvalue weighted by atomic mass is 10.2. The average Bonchev–Trinajstić information content (AvgIpc) is 2.61. The second-order valence-electron chi connectivity index (χ2n) is 2.51. The molecule has 1 rings (SSSR count). The number of aryl methyl sites for hydroxylation is 1. The largest absolute Gasteiger partial charge is 0.469 e. The third-order valence-electron chi connectivity index (χ3n) is 1.59. The standard InChI is InChI=1S/C8H12N2O2S/c1-12-8(11)3-2-6-5-13-7(4-9)10-6/h5H,2-4,9H2,1H3. The zero-order chi connectivity index (χ0) is 9.68. The molecule has 4 nitrogen and oxygen atoms in total. The number of carbonyl (C=O) groups is 1. The van der Waals surface area contributed by atoms with E-state index in [4.69, 9.17) is 5.73 Å². The van der Waals surface area contributed by atoms with Gasteiger partial charge in [0, 0.05) is 18.3 Å². The first kappa shape index (κ1) is 10.1. The second kappa shape index (κ2) is 4.94. The fourth-order valence-corrected chi connectivity index (χ4v) is 1.60. The van der Waals surface area contributed by atoms with E-state index in [9.17, 15) is 4.79 Å². The maximum Gasteiger partial charge on any atom is 0.305 e. The Kier molecular flexibility index (Phi) is 3.85. The Hall–Kier alpha value is -0.940. The van der Waals surface area contributed by atoms with Crippen LogP contribution in [0.2, 0.25) is 0 Å². The second-order valence-corrected chi connectivity index (χ2v) is 3.46. The molecule has 0 unspecified atom stereocenters. The minimum Gasteiger partial charge on any atom is -0.469 e. The van der Waals surface area contributed by atoms with Crippen molar-refractivity contribution in [3.8, 4) is 0 Å². The van der Waals surface area contributed by atoms with Gasteiger partial charge in [-0.2, -0.15) is 0 Å². The highest BCUT2D eigenvalue weighted by Gasteiger charge is 2.04. The molecule has 0 atom stereocenters. The van der Waals surface area contributed by atoms with Gasteiger partial charge in [-0.1, -0.05) is 0 Å². The molecule has 0 spiro atoms. The van der Waals surface area contributed by atoms with Crippen LogP contribution in [0.4, 0.5) is 0 Å². The maximum absolute atomic E-state index is 10.8. The van der Waals surface area contributed by atoms with Gasteiger partial charge in [0.05, 0.1) is 19.2 Å². The van der Waals surface area contributed by atoms with Crippen LogP contribution >= 0.6 is 11.3 Å². The third-order valence-corrected chi connectivity index (χ3v) is 2.51. The highest BCUT2D eigenvalue weighted by atomic mass is 32.1. The van der Waals surface area contributed by atoms with Crippen molar-refractivity contribution >= 4 is 17.3 Å². The van der Waals surface area contributed by atoms with Crippen molar-refractivity contribution < 1.29 is 9.53 Å². The van der Waals surface area contributed by atoms with Crippen LogP contribution in [0.3, 0.4) is 0 Å². The molecule has 0 aliphatic heterocycles. The van der Waals surface area contributed by atoms with Crippen LogP contribution in [-0.2, 0) is 22.5 Å². The molecule has 0 aromatic carbocycles. The molecule has 1 aromatic heterocycles.